The Bertz CT molecular complexity index is 1420. The van der Waals surface area contributed by atoms with Crippen molar-refractivity contribution in [2.24, 2.45) is 0 Å². The van der Waals surface area contributed by atoms with Crippen molar-refractivity contribution >= 4 is 5.91 Å². The molecular weight excluding hydrogens is 999 g/mol. The van der Waals surface area contributed by atoms with E-state index < -0.39 is 124 Å². The van der Waals surface area contributed by atoms with Gasteiger partial charge in [0, 0.05) is 6.42 Å². The molecule has 0 aromatic rings. The molecule has 3 saturated heterocycles. The van der Waals surface area contributed by atoms with Crippen molar-refractivity contribution in [1.29, 1.82) is 0 Å². The summed E-state index contributed by atoms with van der Waals surface area (Å²) in [5, 5.41) is 120. The minimum absolute atomic E-state index is 0.239. The fraction of sp³-hybridized carbons (Fsp3) is 0.983. The first-order chi connectivity index (χ1) is 37.3. The summed E-state index contributed by atoms with van der Waals surface area (Å²) in [6.45, 7) is 1.80. The number of unbranched alkanes of at least 4 members (excludes halogenated alkanes) is 30. The first-order valence-corrected chi connectivity index (χ1v) is 30.8. The summed E-state index contributed by atoms with van der Waals surface area (Å²) in [5.74, 6) is -0.239. The standard InChI is InChI=1S/C58H111NO18/c1-3-5-7-9-11-13-15-17-18-19-20-21-22-24-26-28-30-32-34-36-46(64)59-41(42(63)35-33-31-29-27-25-23-16-14-12-10-8-6-4-2)40-72-56-52(70)49(67)54(44(38-61)74-56)77-58-53(71)50(68)55(45(39-62)75-58)76-57-51(69)48(66)47(65)43(37-60)73-57/h41-45,47-58,60-63,65-71H,3-40H2,1-2H3,(H,59,64). The van der Waals surface area contributed by atoms with Gasteiger partial charge in [-0.2, -0.15) is 0 Å². The number of carbonyl (C=O) groups is 1. The van der Waals surface area contributed by atoms with Gasteiger partial charge in [-0.25, -0.2) is 0 Å². The van der Waals surface area contributed by atoms with Gasteiger partial charge >= 0.3 is 0 Å². The van der Waals surface area contributed by atoms with E-state index in [9.17, 15) is 61.0 Å². The summed E-state index contributed by atoms with van der Waals surface area (Å²) in [4.78, 5) is 13.3. The van der Waals surface area contributed by atoms with Crippen LogP contribution in [0.3, 0.4) is 0 Å². The molecule has 3 aliphatic heterocycles. The molecular formula is C58H111NO18. The molecule has 3 aliphatic rings. The van der Waals surface area contributed by atoms with Crippen LogP contribution in [-0.2, 0) is 33.2 Å². The minimum atomic E-state index is -1.97. The van der Waals surface area contributed by atoms with Gasteiger partial charge in [0.2, 0.25) is 5.91 Å². The lowest BCUT2D eigenvalue weighted by atomic mass is 9.96. The van der Waals surface area contributed by atoms with E-state index in [1.807, 2.05) is 0 Å². The van der Waals surface area contributed by atoms with Crippen LogP contribution >= 0.6 is 0 Å². The van der Waals surface area contributed by atoms with Crippen molar-refractivity contribution in [2.75, 3.05) is 26.4 Å². The third-order valence-electron chi connectivity index (χ3n) is 15.9. The molecule has 0 aromatic heterocycles. The van der Waals surface area contributed by atoms with Crippen molar-refractivity contribution in [2.45, 2.75) is 336 Å². The van der Waals surface area contributed by atoms with Crippen LogP contribution in [0.25, 0.3) is 0 Å². The first-order valence-electron chi connectivity index (χ1n) is 30.8. The zero-order valence-corrected chi connectivity index (χ0v) is 47.5. The molecule has 456 valence electrons. The molecule has 19 heteroatoms. The van der Waals surface area contributed by atoms with Gasteiger partial charge in [0.1, 0.15) is 73.2 Å². The van der Waals surface area contributed by atoms with Crippen LogP contribution < -0.4 is 5.32 Å². The fourth-order valence-corrected chi connectivity index (χ4v) is 10.8. The summed E-state index contributed by atoms with van der Waals surface area (Å²) < 4.78 is 34.3. The van der Waals surface area contributed by atoms with Gasteiger partial charge in [0.25, 0.3) is 0 Å². The second kappa shape index (κ2) is 42.6. The maximum atomic E-state index is 13.3. The highest BCUT2D eigenvalue weighted by Crippen LogP contribution is 2.33. The first kappa shape index (κ1) is 70.1. The summed E-state index contributed by atoms with van der Waals surface area (Å²) in [6.07, 6.45) is 13.3. The molecule has 17 unspecified atom stereocenters. The van der Waals surface area contributed by atoms with Crippen LogP contribution in [0.5, 0.6) is 0 Å². The molecule has 12 N–H and O–H groups in total. The Hall–Kier alpha value is -1.21. The van der Waals surface area contributed by atoms with Crippen molar-refractivity contribution in [1.82, 2.24) is 5.32 Å². The molecule has 0 bridgehead atoms. The van der Waals surface area contributed by atoms with Gasteiger partial charge in [0.05, 0.1) is 38.6 Å². The lowest BCUT2D eigenvalue weighted by molar-refractivity contribution is -0.379. The highest BCUT2D eigenvalue weighted by Gasteiger charge is 2.53. The number of rotatable bonds is 46. The predicted octanol–water partition coefficient (Wildman–Crippen LogP) is 5.60. The molecule has 3 heterocycles. The number of aliphatic hydroxyl groups is 11. The third kappa shape index (κ3) is 26.7. The fourth-order valence-electron chi connectivity index (χ4n) is 10.8. The number of hydrogen-bond acceptors (Lipinski definition) is 18. The Kier molecular flexibility index (Phi) is 38.7. The van der Waals surface area contributed by atoms with Crippen LogP contribution in [0.4, 0.5) is 0 Å². The minimum Gasteiger partial charge on any atom is -0.394 e. The summed E-state index contributed by atoms with van der Waals surface area (Å²) in [6, 6.07) is -0.879. The molecule has 3 fully saturated rings. The lowest BCUT2D eigenvalue weighted by Gasteiger charge is -2.48. The Morgan fingerprint density at radius 3 is 1.13 bits per heavy atom. The third-order valence-corrected chi connectivity index (χ3v) is 15.9. The van der Waals surface area contributed by atoms with Crippen molar-refractivity contribution < 1.29 is 89.4 Å². The maximum Gasteiger partial charge on any atom is 0.220 e. The molecule has 0 aliphatic carbocycles. The van der Waals surface area contributed by atoms with Crippen LogP contribution in [0.15, 0.2) is 0 Å². The number of ether oxygens (including phenoxy) is 6. The van der Waals surface area contributed by atoms with E-state index in [-0.39, 0.29) is 18.9 Å². The van der Waals surface area contributed by atoms with Gasteiger partial charge in [-0.1, -0.05) is 213 Å². The zero-order chi connectivity index (χ0) is 56.2. The van der Waals surface area contributed by atoms with Gasteiger partial charge in [-0.3, -0.25) is 4.79 Å². The van der Waals surface area contributed by atoms with Crippen LogP contribution in [-0.4, -0.2) is 193 Å². The van der Waals surface area contributed by atoms with Gasteiger partial charge < -0.3 is 89.9 Å². The normalized spacial score (nSPS) is 30.6. The zero-order valence-electron chi connectivity index (χ0n) is 47.5. The quantitative estimate of drug-likeness (QED) is 0.0330. The molecule has 0 aromatic carbocycles. The number of nitrogens with one attached hydrogen (secondary N) is 1. The molecule has 17 atom stereocenters. The summed E-state index contributed by atoms with van der Waals surface area (Å²) in [7, 11) is 0. The maximum absolute atomic E-state index is 13.3. The van der Waals surface area contributed by atoms with E-state index in [0.29, 0.717) is 12.8 Å². The van der Waals surface area contributed by atoms with Crippen molar-refractivity contribution in [3.8, 4) is 0 Å². The van der Waals surface area contributed by atoms with Crippen molar-refractivity contribution in [3.05, 3.63) is 0 Å². The van der Waals surface area contributed by atoms with E-state index in [1.165, 1.54) is 154 Å². The lowest BCUT2D eigenvalue weighted by Crippen LogP contribution is -2.66. The van der Waals surface area contributed by atoms with E-state index in [4.69, 9.17) is 28.4 Å². The molecule has 77 heavy (non-hydrogen) atoms. The van der Waals surface area contributed by atoms with Crippen molar-refractivity contribution in [3.63, 3.8) is 0 Å². The molecule has 1 amide bonds. The second-order valence-electron chi connectivity index (χ2n) is 22.5. The van der Waals surface area contributed by atoms with Gasteiger partial charge in [-0.15, -0.1) is 0 Å². The summed E-state index contributed by atoms with van der Waals surface area (Å²) in [5.41, 5.74) is 0. The Labute approximate surface area is 462 Å². The number of aliphatic hydroxyl groups excluding tert-OH is 11. The average Bonchev–Trinajstić information content (AvgIpc) is 3.42. The highest BCUT2D eigenvalue weighted by molar-refractivity contribution is 5.76. The monoisotopic (exact) mass is 1110 g/mol. The van der Waals surface area contributed by atoms with E-state index >= 15 is 0 Å². The van der Waals surface area contributed by atoms with E-state index in [0.717, 1.165) is 44.9 Å². The average molecular weight is 1110 g/mol. The second-order valence-corrected chi connectivity index (χ2v) is 22.5. The highest BCUT2D eigenvalue weighted by atomic mass is 16.8. The molecule has 0 radical (unpaired) electrons. The number of hydrogen-bond donors (Lipinski definition) is 12. The molecule has 0 saturated carbocycles. The largest absolute Gasteiger partial charge is 0.394 e. The van der Waals surface area contributed by atoms with E-state index in [2.05, 4.69) is 19.2 Å². The topological polar surface area (TPSA) is 307 Å². The predicted molar refractivity (Wildman–Crippen MR) is 291 cm³/mol. The van der Waals surface area contributed by atoms with Gasteiger partial charge in [-0.05, 0) is 12.8 Å². The molecule has 19 nitrogen and oxygen atoms in total. The molecule has 0 spiro atoms. The Morgan fingerprint density at radius 2 is 0.740 bits per heavy atom. The Morgan fingerprint density at radius 1 is 0.416 bits per heavy atom. The van der Waals surface area contributed by atoms with E-state index in [1.54, 1.807) is 0 Å². The SMILES string of the molecule is CCCCCCCCCCCCCCCCCCCCCC(=O)NC(COC1OC(CO)C(OC2OC(CO)C(OC3OC(CO)C(O)C(O)C3O)C(O)C2O)C(O)C1O)C(O)CCCCCCCCCCCCCCC. The van der Waals surface area contributed by atoms with Crippen LogP contribution in [0.1, 0.15) is 232 Å². The number of carbonyl (C=O) groups excluding carboxylic acids is 1. The smallest absolute Gasteiger partial charge is 0.220 e. The van der Waals surface area contributed by atoms with Crippen LogP contribution in [0, 0.1) is 0 Å². The molecule has 3 rings (SSSR count). The Balaban J connectivity index is 1.47. The van der Waals surface area contributed by atoms with Crippen LogP contribution in [0.2, 0.25) is 0 Å². The summed E-state index contributed by atoms with van der Waals surface area (Å²) >= 11 is 0. The number of amides is 1. The van der Waals surface area contributed by atoms with Gasteiger partial charge in [0.15, 0.2) is 18.9 Å².